The zero-order valence-corrected chi connectivity index (χ0v) is 24.4. The zero-order chi connectivity index (χ0) is 29.5. The molecule has 5 heterocycles. The van der Waals surface area contributed by atoms with Crippen molar-refractivity contribution in [3.8, 4) is 0 Å². The summed E-state index contributed by atoms with van der Waals surface area (Å²) < 4.78 is 0. The van der Waals surface area contributed by atoms with E-state index >= 15 is 0 Å². The number of halogens is 1. The van der Waals surface area contributed by atoms with Crippen molar-refractivity contribution in [3.63, 3.8) is 0 Å². The van der Waals surface area contributed by atoms with Crippen LogP contribution < -0.4 is 5.32 Å². The smallest absolute Gasteiger partial charge is 0.322 e. The highest BCUT2D eigenvalue weighted by Gasteiger charge is 2.36. The van der Waals surface area contributed by atoms with Gasteiger partial charge in [0.05, 0.1) is 22.7 Å². The summed E-state index contributed by atoms with van der Waals surface area (Å²) in [7, 11) is 0. The van der Waals surface area contributed by atoms with E-state index in [1.807, 2.05) is 57.2 Å². The number of fused-ring (bicyclic) bond motifs is 4. The molecule has 0 radical (unpaired) electrons. The highest BCUT2D eigenvalue weighted by Crippen LogP contribution is 2.35. The molecule has 2 N–H and O–H groups in total. The van der Waals surface area contributed by atoms with Gasteiger partial charge in [0.25, 0.3) is 0 Å². The number of carbonyl (C=O) groups is 3. The van der Waals surface area contributed by atoms with Crippen molar-refractivity contribution in [2.45, 2.75) is 51.4 Å². The number of urea groups is 1. The number of piperidine rings is 1. The van der Waals surface area contributed by atoms with Crippen LogP contribution in [0.2, 0.25) is 5.02 Å². The fourth-order valence-electron chi connectivity index (χ4n) is 6.72. The molecule has 1 unspecified atom stereocenters. The summed E-state index contributed by atoms with van der Waals surface area (Å²) in [5.74, 6) is -0.598. The average molecular weight is 598 g/mol. The lowest BCUT2D eigenvalue weighted by Crippen LogP contribution is -2.51. The molecular weight excluding hydrogens is 566 g/mol. The van der Waals surface area contributed by atoms with Crippen LogP contribution in [0.25, 0.3) is 10.9 Å². The van der Waals surface area contributed by atoms with Crippen LogP contribution in [-0.2, 0) is 35.6 Å². The molecule has 3 aliphatic rings. The number of amides is 4. The van der Waals surface area contributed by atoms with E-state index in [1.165, 1.54) is 0 Å². The van der Waals surface area contributed by atoms with Gasteiger partial charge in [0.2, 0.25) is 11.8 Å². The number of rotatable bonds is 5. The Bertz CT molecular complexity index is 1700. The van der Waals surface area contributed by atoms with Crippen LogP contribution in [0.5, 0.6) is 0 Å². The second kappa shape index (κ2) is 11.3. The van der Waals surface area contributed by atoms with Gasteiger partial charge in [0.1, 0.15) is 0 Å². The third-order valence-corrected chi connectivity index (χ3v) is 9.33. The summed E-state index contributed by atoms with van der Waals surface area (Å²) >= 11 is 6.60. The highest BCUT2D eigenvalue weighted by molar-refractivity contribution is 6.35. The second-order valence-electron chi connectivity index (χ2n) is 11.6. The van der Waals surface area contributed by atoms with Gasteiger partial charge in [0, 0.05) is 68.7 Å². The number of aromatic nitrogens is 3. The molecule has 43 heavy (non-hydrogen) atoms. The minimum absolute atomic E-state index is 0.0342. The number of carbonyl (C=O) groups excluding carboxylic acids is 3. The van der Waals surface area contributed by atoms with Gasteiger partial charge in [-0.15, -0.1) is 0 Å². The SMILES string of the molecule is O=C(CC1Cc2cc(Cl)c3[nH]ncc3c2CN(Cc2ccncc2)C1=O)N1CCC(N2Cc3ccccc3NC2=O)CC1. The van der Waals surface area contributed by atoms with Crippen molar-refractivity contribution in [2.24, 2.45) is 5.92 Å². The van der Waals surface area contributed by atoms with Gasteiger partial charge in [-0.2, -0.15) is 5.10 Å². The number of likely N-dealkylation sites (tertiary alicyclic amines) is 1. The van der Waals surface area contributed by atoms with Crippen molar-refractivity contribution >= 4 is 46.0 Å². The number of hydrogen-bond donors (Lipinski definition) is 2. The van der Waals surface area contributed by atoms with Crippen LogP contribution in [-0.4, -0.2) is 66.9 Å². The van der Waals surface area contributed by atoms with E-state index in [2.05, 4.69) is 20.5 Å². The Hall–Kier alpha value is -4.44. The van der Waals surface area contributed by atoms with Crippen molar-refractivity contribution in [3.05, 3.63) is 88.3 Å². The van der Waals surface area contributed by atoms with Crippen LogP contribution in [0.1, 0.15) is 41.5 Å². The van der Waals surface area contributed by atoms with Crippen molar-refractivity contribution in [2.75, 3.05) is 18.4 Å². The summed E-state index contributed by atoms with van der Waals surface area (Å²) in [6.45, 7) is 2.49. The first-order valence-electron chi connectivity index (χ1n) is 14.7. The fraction of sp³-hybridized carbons (Fsp3) is 0.344. The number of aromatic amines is 1. The molecule has 3 aliphatic heterocycles. The Morgan fingerprint density at radius 3 is 2.63 bits per heavy atom. The van der Waals surface area contributed by atoms with E-state index in [4.69, 9.17) is 11.6 Å². The molecule has 220 valence electrons. The molecule has 1 atom stereocenters. The molecule has 10 nitrogen and oxygen atoms in total. The number of hydrogen-bond acceptors (Lipinski definition) is 5. The van der Waals surface area contributed by atoms with Gasteiger partial charge in [-0.05, 0) is 65.8 Å². The maximum atomic E-state index is 14.0. The molecule has 0 spiro atoms. The minimum atomic E-state index is -0.516. The number of anilines is 1. The molecule has 4 aromatic rings. The largest absolute Gasteiger partial charge is 0.343 e. The molecular formula is C32H32ClN7O3. The summed E-state index contributed by atoms with van der Waals surface area (Å²) in [6, 6.07) is 13.5. The zero-order valence-electron chi connectivity index (χ0n) is 23.6. The van der Waals surface area contributed by atoms with Crippen LogP contribution in [0.4, 0.5) is 10.5 Å². The first-order valence-corrected chi connectivity index (χ1v) is 15.1. The number of H-pyrrole nitrogens is 1. The summed E-state index contributed by atoms with van der Waals surface area (Å²) in [6.07, 6.45) is 7.14. The molecule has 2 aromatic heterocycles. The number of para-hydroxylation sites is 1. The molecule has 0 saturated carbocycles. The van der Waals surface area contributed by atoms with E-state index in [0.29, 0.717) is 57.0 Å². The molecule has 11 heteroatoms. The standard InChI is InChI=1S/C32H32ClN7O3/c33-27-14-22-13-23(31(42)39(17-20-5-9-34-10-6-20)19-26(22)25-16-35-37-30(25)27)15-29(41)38-11-7-24(8-12-38)40-18-21-3-1-2-4-28(21)36-32(40)43/h1-6,9-10,14,16,23-24H,7-8,11-13,15,17-19H2,(H,35,37)(H,36,43). The molecule has 7 rings (SSSR count). The normalized spacial score (nSPS) is 19.2. The predicted octanol–water partition coefficient (Wildman–Crippen LogP) is 4.74. The van der Waals surface area contributed by atoms with Crippen molar-refractivity contribution < 1.29 is 14.4 Å². The van der Waals surface area contributed by atoms with Crippen LogP contribution in [0.15, 0.2) is 61.1 Å². The van der Waals surface area contributed by atoms with E-state index in [-0.39, 0.29) is 30.3 Å². The average Bonchev–Trinajstić information content (AvgIpc) is 3.49. The van der Waals surface area contributed by atoms with E-state index in [9.17, 15) is 14.4 Å². The topological polar surface area (TPSA) is 115 Å². The first-order chi connectivity index (χ1) is 20.9. The van der Waals surface area contributed by atoms with Crippen LogP contribution in [0, 0.1) is 5.92 Å². The lowest BCUT2D eigenvalue weighted by atomic mass is 9.92. The fourth-order valence-corrected chi connectivity index (χ4v) is 6.99. The summed E-state index contributed by atoms with van der Waals surface area (Å²) in [4.78, 5) is 50.2. The Morgan fingerprint density at radius 1 is 1.02 bits per heavy atom. The lowest BCUT2D eigenvalue weighted by Gasteiger charge is -2.40. The van der Waals surface area contributed by atoms with Crippen molar-refractivity contribution in [1.29, 1.82) is 0 Å². The lowest BCUT2D eigenvalue weighted by molar-refractivity contribution is -0.142. The van der Waals surface area contributed by atoms with E-state index in [0.717, 1.165) is 38.8 Å². The summed E-state index contributed by atoms with van der Waals surface area (Å²) in [5.41, 5.74) is 5.65. The first kappa shape index (κ1) is 27.4. The molecule has 4 amide bonds. The van der Waals surface area contributed by atoms with Crippen LogP contribution in [0.3, 0.4) is 0 Å². The van der Waals surface area contributed by atoms with Gasteiger partial charge in [-0.3, -0.25) is 19.7 Å². The minimum Gasteiger partial charge on any atom is -0.343 e. The van der Waals surface area contributed by atoms with E-state index in [1.54, 1.807) is 18.6 Å². The van der Waals surface area contributed by atoms with Crippen LogP contribution >= 0.6 is 11.6 Å². The van der Waals surface area contributed by atoms with Gasteiger partial charge in [-0.25, -0.2) is 4.79 Å². The quantitative estimate of drug-likeness (QED) is 0.345. The monoisotopic (exact) mass is 597 g/mol. The molecule has 2 aromatic carbocycles. The van der Waals surface area contributed by atoms with Gasteiger partial charge in [0.15, 0.2) is 0 Å². The van der Waals surface area contributed by atoms with Gasteiger partial charge >= 0.3 is 6.03 Å². The number of pyridine rings is 1. The molecule has 1 saturated heterocycles. The van der Waals surface area contributed by atoms with Gasteiger partial charge in [-0.1, -0.05) is 29.8 Å². The predicted molar refractivity (Wildman–Crippen MR) is 162 cm³/mol. The van der Waals surface area contributed by atoms with Crippen molar-refractivity contribution in [1.82, 2.24) is 29.9 Å². The maximum Gasteiger partial charge on any atom is 0.322 e. The van der Waals surface area contributed by atoms with Gasteiger partial charge < -0.3 is 20.0 Å². The number of nitrogens with one attached hydrogen (secondary N) is 2. The molecule has 0 aliphatic carbocycles. The Labute approximate surface area is 254 Å². The Balaban J connectivity index is 1.07. The number of nitrogens with zero attached hydrogens (tertiary/aromatic N) is 5. The molecule has 1 fully saturated rings. The number of benzene rings is 2. The van der Waals surface area contributed by atoms with E-state index < -0.39 is 5.92 Å². The third kappa shape index (κ3) is 5.31. The maximum absolute atomic E-state index is 14.0. The second-order valence-corrected chi connectivity index (χ2v) is 12.0. The summed E-state index contributed by atoms with van der Waals surface area (Å²) in [5, 5.41) is 11.6. The third-order valence-electron chi connectivity index (χ3n) is 9.03. The Kier molecular flexibility index (Phi) is 7.22. The molecule has 0 bridgehead atoms. The highest BCUT2D eigenvalue weighted by atomic mass is 35.5. The Morgan fingerprint density at radius 2 is 1.81 bits per heavy atom.